The summed E-state index contributed by atoms with van der Waals surface area (Å²) in [5.74, 6) is -0.207. The zero-order valence-electron chi connectivity index (χ0n) is 10.7. The summed E-state index contributed by atoms with van der Waals surface area (Å²) in [5, 5.41) is 18.9. The molecule has 3 saturated carbocycles. The number of esters is 2. The van der Waals surface area contributed by atoms with Gasteiger partial charge in [0.25, 0.3) is 0 Å². The lowest BCUT2D eigenvalue weighted by Crippen LogP contribution is -2.46. The maximum absolute atomic E-state index is 12.3. The largest absolute Gasteiger partial charge is 0.396 e. The average Bonchev–Trinajstić information content (AvgIpc) is 3.07. The Hall–Kier alpha value is -0.940. The van der Waals surface area contributed by atoms with Crippen LogP contribution in [0.5, 0.6) is 0 Å². The number of hydrogen-bond acceptors (Lipinski definition) is 5. The third-order valence-electron chi connectivity index (χ3n) is 6.44. The Morgan fingerprint density at radius 1 is 1.11 bits per heavy atom. The van der Waals surface area contributed by atoms with E-state index < -0.39 is 10.8 Å². The Labute approximate surface area is 110 Å². The highest BCUT2D eigenvalue weighted by Gasteiger charge is 2.82. The molecular formula is C14H18O5. The van der Waals surface area contributed by atoms with Crippen molar-refractivity contribution < 1.29 is 24.5 Å². The van der Waals surface area contributed by atoms with E-state index in [-0.39, 0.29) is 48.8 Å². The fraction of sp³-hybridized carbons (Fsp3) is 0.857. The van der Waals surface area contributed by atoms with Crippen LogP contribution >= 0.6 is 0 Å². The first-order valence-corrected chi connectivity index (χ1v) is 7.07. The summed E-state index contributed by atoms with van der Waals surface area (Å²) in [4.78, 5) is 24.6. The molecule has 4 fully saturated rings. The minimum Gasteiger partial charge on any atom is -0.396 e. The molecule has 0 amide bonds. The van der Waals surface area contributed by atoms with E-state index in [0.717, 1.165) is 6.42 Å². The molecule has 6 atom stereocenters. The molecule has 2 spiro atoms. The summed E-state index contributed by atoms with van der Waals surface area (Å²) < 4.78 is 5.00. The fourth-order valence-corrected chi connectivity index (χ4v) is 5.82. The zero-order chi connectivity index (χ0) is 13.4. The molecule has 6 unspecified atom stereocenters. The molecule has 3 aliphatic carbocycles. The van der Waals surface area contributed by atoms with Crippen molar-refractivity contribution in [3.05, 3.63) is 0 Å². The van der Waals surface area contributed by atoms with Gasteiger partial charge in [0.15, 0.2) is 0 Å². The maximum atomic E-state index is 12.3. The number of carbonyl (C=O) groups is 2. The molecule has 4 aliphatic rings. The fourth-order valence-electron chi connectivity index (χ4n) is 5.82. The van der Waals surface area contributed by atoms with Crippen molar-refractivity contribution in [1.29, 1.82) is 0 Å². The highest BCUT2D eigenvalue weighted by Crippen LogP contribution is 2.77. The Morgan fingerprint density at radius 2 is 1.89 bits per heavy atom. The molecule has 104 valence electrons. The number of aliphatic hydroxyl groups excluding tert-OH is 2. The van der Waals surface area contributed by atoms with E-state index in [9.17, 15) is 19.8 Å². The van der Waals surface area contributed by atoms with Gasteiger partial charge in [-0.05, 0) is 49.4 Å². The first kappa shape index (κ1) is 11.9. The lowest BCUT2D eigenvalue weighted by molar-refractivity contribution is -0.157. The Morgan fingerprint density at radius 3 is 2.58 bits per heavy atom. The van der Waals surface area contributed by atoms with Crippen LogP contribution in [0.3, 0.4) is 0 Å². The highest BCUT2D eigenvalue weighted by atomic mass is 16.6. The van der Waals surface area contributed by atoms with Gasteiger partial charge in [-0.25, -0.2) is 0 Å². The van der Waals surface area contributed by atoms with Gasteiger partial charge in [-0.2, -0.15) is 0 Å². The number of rotatable bonds is 2. The smallest absolute Gasteiger partial charge is 0.321 e. The van der Waals surface area contributed by atoms with Crippen LogP contribution in [0, 0.1) is 34.5 Å². The SMILES string of the molecule is O=C1OC(=O)C23CC(CO)CC2C2CC13CC2CO. The van der Waals surface area contributed by atoms with E-state index in [2.05, 4.69) is 0 Å². The highest BCUT2D eigenvalue weighted by molar-refractivity contribution is 6.03. The third kappa shape index (κ3) is 1.04. The first-order valence-electron chi connectivity index (χ1n) is 7.07. The van der Waals surface area contributed by atoms with Gasteiger partial charge in [0.05, 0.1) is 10.8 Å². The number of ether oxygens (including phenoxy) is 1. The number of fused-ring (bicyclic) bond motifs is 2. The summed E-state index contributed by atoms with van der Waals surface area (Å²) in [7, 11) is 0. The van der Waals surface area contributed by atoms with E-state index in [4.69, 9.17) is 4.74 Å². The number of carbonyl (C=O) groups excluding carboxylic acids is 2. The topological polar surface area (TPSA) is 83.8 Å². The molecule has 1 aliphatic heterocycles. The Bertz CT molecular complexity index is 470. The zero-order valence-corrected chi connectivity index (χ0v) is 10.7. The average molecular weight is 266 g/mol. The summed E-state index contributed by atoms with van der Waals surface area (Å²) in [6, 6.07) is 0. The van der Waals surface area contributed by atoms with Crippen molar-refractivity contribution in [3.8, 4) is 0 Å². The molecule has 1 heterocycles. The molecule has 2 bridgehead atoms. The summed E-state index contributed by atoms with van der Waals surface area (Å²) in [6.45, 7) is 0.135. The van der Waals surface area contributed by atoms with E-state index in [1.54, 1.807) is 0 Å². The molecule has 0 radical (unpaired) electrons. The summed E-state index contributed by atoms with van der Waals surface area (Å²) in [5.41, 5.74) is -1.38. The van der Waals surface area contributed by atoms with Gasteiger partial charge in [0.1, 0.15) is 0 Å². The van der Waals surface area contributed by atoms with Gasteiger partial charge in [-0.3, -0.25) is 9.59 Å². The second kappa shape index (κ2) is 3.38. The van der Waals surface area contributed by atoms with Crippen molar-refractivity contribution >= 4 is 11.9 Å². The van der Waals surface area contributed by atoms with Gasteiger partial charge in [-0.15, -0.1) is 0 Å². The van der Waals surface area contributed by atoms with Crippen molar-refractivity contribution in [1.82, 2.24) is 0 Å². The van der Waals surface area contributed by atoms with Gasteiger partial charge < -0.3 is 14.9 Å². The minimum atomic E-state index is -0.698. The molecule has 0 aromatic rings. The Kier molecular flexibility index (Phi) is 2.11. The molecule has 5 heteroatoms. The third-order valence-corrected chi connectivity index (χ3v) is 6.44. The van der Waals surface area contributed by atoms with Gasteiger partial charge >= 0.3 is 11.9 Å². The lowest BCUT2D eigenvalue weighted by Gasteiger charge is -2.39. The maximum Gasteiger partial charge on any atom is 0.321 e. The van der Waals surface area contributed by atoms with Crippen LogP contribution in [0.1, 0.15) is 25.7 Å². The standard InChI is InChI=1S/C14H18O5/c15-5-7-1-10-9-4-13(3-8(9)6-16)11(17)19-12(18)14(10,13)2-7/h7-10,15-16H,1-6H2. The molecule has 4 rings (SSSR count). The normalized spacial score (nSPS) is 54.4. The first-order chi connectivity index (χ1) is 9.09. The Balaban J connectivity index is 1.85. The van der Waals surface area contributed by atoms with Crippen LogP contribution < -0.4 is 0 Å². The van der Waals surface area contributed by atoms with E-state index >= 15 is 0 Å². The van der Waals surface area contributed by atoms with Crippen LogP contribution in [0.25, 0.3) is 0 Å². The van der Waals surface area contributed by atoms with Crippen LogP contribution in [-0.2, 0) is 14.3 Å². The van der Waals surface area contributed by atoms with E-state index in [1.165, 1.54) is 0 Å². The van der Waals surface area contributed by atoms with Crippen molar-refractivity contribution in [2.24, 2.45) is 34.5 Å². The predicted octanol–water partition coefficient (Wildman–Crippen LogP) is 0.0932. The lowest BCUT2D eigenvalue weighted by atomic mass is 9.58. The van der Waals surface area contributed by atoms with Crippen LogP contribution in [0.4, 0.5) is 0 Å². The summed E-state index contributed by atoms with van der Waals surface area (Å²) in [6.07, 6.45) is 2.62. The number of aliphatic hydroxyl groups is 2. The van der Waals surface area contributed by atoms with Crippen molar-refractivity contribution in [2.75, 3.05) is 13.2 Å². The van der Waals surface area contributed by atoms with E-state index in [0.29, 0.717) is 19.3 Å². The van der Waals surface area contributed by atoms with Crippen LogP contribution in [-0.4, -0.2) is 35.4 Å². The quantitative estimate of drug-likeness (QED) is 0.547. The van der Waals surface area contributed by atoms with Gasteiger partial charge in [0.2, 0.25) is 0 Å². The predicted molar refractivity (Wildman–Crippen MR) is 62.6 cm³/mol. The monoisotopic (exact) mass is 266 g/mol. The molecule has 0 aromatic heterocycles. The van der Waals surface area contributed by atoms with Crippen LogP contribution in [0.15, 0.2) is 0 Å². The van der Waals surface area contributed by atoms with Crippen molar-refractivity contribution in [2.45, 2.75) is 25.7 Å². The molecule has 5 nitrogen and oxygen atoms in total. The minimum absolute atomic E-state index is 0.0618. The van der Waals surface area contributed by atoms with Crippen molar-refractivity contribution in [3.63, 3.8) is 0 Å². The number of hydrogen-bond donors (Lipinski definition) is 2. The van der Waals surface area contributed by atoms with E-state index in [1.807, 2.05) is 0 Å². The number of cyclic esters (lactones) is 2. The van der Waals surface area contributed by atoms with Gasteiger partial charge in [0, 0.05) is 13.2 Å². The second-order valence-electron chi connectivity index (χ2n) is 6.84. The second-order valence-corrected chi connectivity index (χ2v) is 6.84. The van der Waals surface area contributed by atoms with Gasteiger partial charge in [-0.1, -0.05) is 0 Å². The summed E-state index contributed by atoms with van der Waals surface area (Å²) >= 11 is 0. The molecule has 19 heavy (non-hydrogen) atoms. The van der Waals surface area contributed by atoms with Crippen LogP contribution in [0.2, 0.25) is 0 Å². The molecule has 2 N–H and O–H groups in total. The molecular weight excluding hydrogens is 248 g/mol. The molecule has 1 saturated heterocycles. The molecule has 0 aromatic carbocycles.